The summed E-state index contributed by atoms with van der Waals surface area (Å²) in [4.78, 5) is 23.4. The first-order valence-electron chi connectivity index (χ1n) is 5.54. The molecule has 2 rings (SSSR count). The van der Waals surface area contributed by atoms with Crippen LogP contribution in [0.3, 0.4) is 0 Å². The number of hydrogen-bond acceptors (Lipinski definition) is 2. The predicted molar refractivity (Wildman–Crippen MR) is 61.9 cm³/mol. The van der Waals surface area contributed by atoms with Crippen LogP contribution < -0.4 is 0 Å². The third-order valence-corrected chi connectivity index (χ3v) is 3.30. The predicted octanol–water partition coefficient (Wildman–Crippen LogP) is 2.38. The fourth-order valence-corrected chi connectivity index (χ4v) is 2.48. The van der Waals surface area contributed by atoms with Crippen molar-refractivity contribution in [2.45, 2.75) is 33.6 Å². The molecule has 0 spiro atoms. The van der Waals surface area contributed by atoms with Gasteiger partial charge in [-0.1, -0.05) is 13.8 Å². The molecule has 0 bridgehead atoms. The number of ketones is 2. The van der Waals surface area contributed by atoms with E-state index in [0.29, 0.717) is 12.1 Å². The summed E-state index contributed by atoms with van der Waals surface area (Å²) in [6, 6.07) is 1.75. The Kier molecular flexibility index (Phi) is 2.30. The molecule has 86 valence electrons. The van der Waals surface area contributed by atoms with Gasteiger partial charge < -0.3 is 4.57 Å². The van der Waals surface area contributed by atoms with Crippen LogP contribution in [0, 0.1) is 5.41 Å². The molecule has 1 aliphatic rings. The van der Waals surface area contributed by atoms with Gasteiger partial charge in [0.15, 0.2) is 11.6 Å². The lowest BCUT2D eigenvalue weighted by Crippen LogP contribution is -2.27. The maximum absolute atomic E-state index is 12.0. The summed E-state index contributed by atoms with van der Waals surface area (Å²) in [6.45, 7) is 5.72. The fraction of sp³-hybridized carbons (Fsp3) is 0.538. The van der Waals surface area contributed by atoms with Crippen molar-refractivity contribution in [2.24, 2.45) is 12.5 Å². The van der Waals surface area contributed by atoms with Gasteiger partial charge in [-0.25, -0.2) is 0 Å². The van der Waals surface area contributed by atoms with Crippen molar-refractivity contribution < 1.29 is 9.59 Å². The number of fused-ring (bicyclic) bond motifs is 1. The number of rotatable bonds is 1. The highest BCUT2D eigenvalue weighted by Gasteiger charge is 2.34. The van der Waals surface area contributed by atoms with Crippen LogP contribution in [0.2, 0.25) is 0 Å². The van der Waals surface area contributed by atoms with Gasteiger partial charge in [0.25, 0.3) is 0 Å². The number of carbonyl (C=O) groups is 2. The lowest BCUT2D eigenvalue weighted by molar-refractivity contribution is 0.0909. The second kappa shape index (κ2) is 3.30. The SMILES string of the molecule is CC(=O)c1cc2c(n1C)CC(C)(C)CC2=O. The third kappa shape index (κ3) is 1.60. The van der Waals surface area contributed by atoms with Crippen LogP contribution in [0.15, 0.2) is 6.07 Å². The average Bonchev–Trinajstić information content (AvgIpc) is 2.42. The molecule has 0 amide bonds. The van der Waals surface area contributed by atoms with Gasteiger partial charge in [0.2, 0.25) is 0 Å². The first-order chi connectivity index (χ1) is 7.32. The van der Waals surface area contributed by atoms with Gasteiger partial charge >= 0.3 is 0 Å². The highest BCUT2D eigenvalue weighted by molar-refractivity contribution is 6.02. The number of nitrogens with zero attached hydrogens (tertiary/aromatic N) is 1. The largest absolute Gasteiger partial charge is 0.345 e. The summed E-state index contributed by atoms with van der Waals surface area (Å²) in [7, 11) is 1.87. The second-order valence-corrected chi connectivity index (χ2v) is 5.45. The summed E-state index contributed by atoms with van der Waals surface area (Å²) in [5.41, 5.74) is 2.39. The molecule has 0 aromatic carbocycles. The molecule has 3 nitrogen and oxygen atoms in total. The molecule has 0 fully saturated rings. The van der Waals surface area contributed by atoms with E-state index in [1.165, 1.54) is 6.92 Å². The van der Waals surface area contributed by atoms with Crippen LogP contribution in [0.1, 0.15) is 53.7 Å². The molecule has 1 aliphatic carbocycles. The molecule has 0 saturated heterocycles. The molecular formula is C13H17NO2. The van der Waals surface area contributed by atoms with Crippen LogP contribution in [-0.4, -0.2) is 16.1 Å². The minimum absolute atomic E-state index is 0.00422. The maximum atomic E-state index is 12.0. The van der Waals surface area contributed by atoms with Gasteiger partial charge in [0.05, 0.1) is 5.69 Å². The number of aromatic nitrogens is 1. The molecule has 0 saturated carbocycles. The number of carbonyl (C=O) groups excluding carboxylic acids is 2. The zero-order valence-corrected chi connectivity index (χ0v) is 10.3. The Hall–Kier alpha value is -1.38. The number of hydrogen-bond donors (Lipinski definition) is 0. The van der Waals surface area contributed by atoms with Crippen molar-refractivity contribution in [3.8, 4) is 0 Å². The Balaban J connectivity index is 2.59. The Morgan fingerprint density at radius 3 is 2.56 bits per heavy atom. The van der Waals surface area contributed by atoms with Gasteiger partial charge in [-0.3, -0.25) is 9.59 Å². The summed E-state index contributed by atoms with van der Waals surface area (Å²) in [6.07, 6.45) is 1.43. The molecule has 0 N–H and O–H groups in total. The first-order valence-corrected chi connectivity index (χ1v) is 5.54. The monoisotopic (exact) mass is 219 g/mol. The van der Waals surface area contributed by atoms with Crippen LogP contribution in [0.5, 0.6) is 0 Å². The smallest absolute Gasteiger partial charge is 0.176 e. The van der Waals surface area contributed by atoms with E-state index in [0.717, 1.165) is 17.7 Å². The molecule has 0 atom stereocenters. The van der Waals surface area contributed by atoms with Gasteiger partial charge in [-0.05, 0) is 17.9 Å². The highest BCUT2D eigenvalue weighted by Crippen LogP contribution is 2.35. The Morgan fingerprint density at radius 1 is 1.38 bits per heavy atom. The lowest BCUT2D eigenvalue weighted by Gasteiger charge is -2.29. The lowest BCUT2D eigenvalue weighted by atomic mass is 9.76. The van der Waals surface area contributed by atoms with Crippen LogP contribution in [-0.2, 0) is 13.5 Å². The van der Waals surface area contributed by atoms with Gasteiger partial charge in [0, 0.05) is 31.6 Å². The Labute approximate surface area is 95.5 Å². The van der Waals surface area contributed by atoms with Crippen molar-refractivity contribution >= 4 is 11.6 Å². The normalized spacial score (nSPS) is 18.4. The van der Waals surface area contributed by atoms with E-state index in [-0.39, 0.29) is 17.0 Å². The molecule has 1 aromatic heterocycles. The van der Waals surface area contributed by atoms with Crippen LogP contribution in [0.25, 0.3) is 0 Å². The molecule has 0 radical (unpaired) electrons. The van der Waals surface area contributed by atoms with Crippen molar-refractivity contribution in [3.63, 3.8) is 0 Å². The van der Waals surface area contributed by atoms with E-state index in [1.807, 2.05) is 11.6 Å². The highest BCUT2D eigenvalue weighted by atomic mass is 16.1. The Morgan fingerprint density at radius 2 is 2.00 bits per heavy atom. The summed E-state index contributed by atoms with van der Waals surface area (Å²) >= 11 is 0. The second-order valence-electron chi connectivity index (χ2n) is 5.45. The molecular weight excluding hydrogens is 202 g/mol. The minimum atomic E-state index is 0.00422. The summed E-state index contributed by atoms with van der Waals surface area (Å²) < 4.78 is 1.87. The zero-order valence-electron chi connectivity index (χ0n) is 10.3. The van der Waals surface area contributed by atoms with Crippen molar-refractivity contribution in [1.82, 2.24) is 4.57 Å². The van der Waals surface area contributed by atoms with Crippen LogP contribution in [0.4, 0.5) is 0 Å². The quantitative estimate of drug-likeness (QED) is 0.680. The third-order valence-electron chi connectivity index (χ3n) is 3.30. The van der Waals surface area contributed by atoms with Crippen molar-refractivity contribution in [1.29, 1.82) is 0 Å². The zero-order chi connectivity index (χ0) is 12.1. The van der Waals surface area contributed by atoms with E-state index >= 15 is 0 Å². The average molecular weight is 219 g/mol. The van der Waals surface area contributed by atoms with E-state index in [4.69, 9.17) is 0 Å². The van der Waals surface area contributed by atoms with Gasteiger partial charge in [-0.2, -0.15) is 0 Å². The van der Waals surface area contributed by atoms with Crippen molar-refractivity contribution in [2.75, 3.05) is 0 Å². The van der Waals surface area contributed by atoms with E-state index in [1.54, 1.807) is 6.07 Å². The molecule has 0 aliphatic heterocycles. The van der Waals surface area contributed by atoms with Gasteiger partial charge in [0.1, 0.15) is 0 Å². The fourth-order valence-electron chi connectivity index (χ4n) is 2.48. The molecule has 1 heterocycles. The molecule has 3 heteroatoms. The summed E-state index contributed by atoms with van der Waals surface area (Å²) in [5.74, 6) is 0.178. The van der Waals surface area contributed by atoms with E-state index in [2.05, 4.69) is 13.8 Å². The minimum Gasteiger partial charge on any atom is -0.345 e. The van der Waals surface area contributed by atoms with Crippen LogP contribution >= 0.6 is 0 Å². The molecule has 1 aromatic rings. The van der Waals surface area contributed by atoms with E-state index < -0.39 is 0 Å². The van der Waals surface area contributed by atoms with E-state index in [9.17, 15) is 9.59 Å². The summed E-state index contributed by atoms with van der Waals surface area (Å²) in [5, 5.41) is 0. The Bertz CT molecular complexity index is 480. The van der Waals surface area contributed by atoms with Crippen molar-refractivity contribution in [3.05, 3.63) is 23.0 Å². The topological polar surface area (TPSA) is 39.1 Å². The molecule has 0 unspecified atom stereocenters. The number of Topliss-reactive ketones (excluding diaryl/α,β-unsaturated/α-hetero) is 2. The first kappa shape index (κ1) is 11.1. The van der Waals surface area contributed by atoms with Gasteiger partial charge in [-0.15, -0.1) is 0 Å². The molecule has 16 heavy (non-hydrogen) atoms. The standard InChI is InChI=1S/C13H17NO2/c1-8(15)10-5-9-11(14(10)4)6-13(2,3)7-12(9)16/h5H,6-7H2,1-4H3. The maximum Gasteiger partial charge on any atom is 0.176 e.